The van der Waals surface area contributed by atoms with Gasteiger partial charge in [0.15, 0.2) is 11.3 Å². The molecule has 0 fully saturated rings. The molecular weight excluding hydrogens is 344 g/mol. The van der Waals surface area contributed by atoms with E-state index < -0.39 is 0 Å². The minimum Gasteiger partial charge on any atom is -0.497 e. The second-order valence-corrected chi connectivity index (χ2v) is 6.09. The number of fused-ring (bicyclic) bond motifs is 1. The van der Waals surface area contributed by atoms with Gasteiger partial charge in [0, 0.05) is 37.6 Å². The molecule has 0 saturated heterocycles. The highest BCUT2D eigenvalue weighted by Crippen LogP contribution is 2.17. The maximum Gasteiger partial charge on any atom is 0.274 e. The zero-order valence-corrected chi connectivity index (χ0v) is 15.0. The molecule has 0 atom stereocenters. The average Bonchev–Trinajstić information content (AvgIpc) is 3.34. The number of hydrogen-bond donors (Lipinski definition) is 0. The predicted molar refractivity (Wildman–Crippen MR) is 98.9 cm³/mol. The van der Waals surface area contributed by atoms with Crippen LogP contribution < -0.4 is 4.74 Å². The molecule has 0 aliphatic rings. The second kappa shape index (κ2) is 6.91. The van der Waals surface area contributed by atoms with Crippen LogP contribution in [-0.4, -0.2) is 49.3 Å². The Morgan fingerprint density at radius 2 is 2.07 bits per heavy atom. The van der Waals surface area contributed by atoms with E-state index in [4.69, 9.17) is 4.74 Å². The topological polar surface area (TPSA) is 77.5 Å². The van der Waals surface area contributed by atoms with Crippen LogP contribution in [0, 0.1) is 0 Å². The first-order valence-corrected chi connectivity index (χ1v) is 8.38. The van der Waals surface area contributed by atoms with Crippen molar-refractivity contribution >= 4 is 11.6 Å². The number of amides is 1. The highest BCUT2D eigenvalue weighted by molar-refractivity contribution is 5.92. The molecule has 0 unspecified atom stereocenters. The zero-order valence-electron chi connectivity index (χ0n) is 15.0. The molecule has 27 heavy (non-hydrogen) atoms. The van der Waals surface area contributed by atoms with Crippen LogP contribution in [0.25, 0.3) is 11.3 Å². The summed E-state index contributed by atoms with van der Waals surface area (Å²) >= 11 is 0. The molecule has 1 amide bonds. The van der Waals surface area contributed by atoms with Crippen molar-refractivity contribution < 1.29 is 9.53 Å². The zero-order chi connectivity index (χ0) is 18.8. The smallest absolute Gasteiger partial charge is 0.274 e. The number of ether oxygens (including phenoxy) is 1. The van der Waals surface area contributed by atoms with Gasteiger partial charge in [-0.3, -0.25) is 4.79 Å². The number of hydrogen-bond acceptors (Lipinski definition) is 5. The minimum atomic E-state index is -0.157. The molecule has 0 aliphatic heterocycles. The first kappa shape index (κ1) is 16.8. The molecule has 0 bridgehead atoms. The summed E-state index contributed by atoms with van der Waals surface area (Å²) in [5, 5.41) is 8.57. The Balaban J connectivity index is 1.52. The summed E-state index contributed by atoms with van der Waals surface area (Å²) < 4.78 is 8.54. The summed E-state index contributed by atoms with van der Waals surface area (Å²) in [4.78, 5) is 18.6. The van der Waals surface area contributed by atoms with Crippen molar-refractivity contribution in [2.45, 2.75) is 6.54 Å². The van der Waals surface area contributed by atoms with Gasteiger partial charge < -0.3 is 9.64 Å². The number of aromatic nitrogens is 5. The summed E-state index contributed by atoms with van der Waals surface area (Å²) in [7, 11) is 3.37. The van der Waals surface area contributed by atoms with Gasteiger partial charge in [0.2, 0.25) is 0 Å². The Kier molecular flexibility index (Phi) is 4.29. The van der Waals surface area contributed by atoms with Gasteiger partial charge in [0.05, 0.1) is 25.2 Å². The van der Waals surface area contributed by atoms with Crippen LogP contribution in [-0.2, 0) is 6.54 Å². The SMILES string of the molecule is COc1cccc(-n2cc(CN(C)C(=O)c3cnc4cccnn34)cn2)c1. The van der Waals surface area contributed by atoms with Gasteiger partial charge in [-0.05, 0) is 24.3 Å². The van der Waals surface area contributed by atoms with Crippen molar-refractivity contribution in [2.75, 3.05) is 14.2 Å². The maximum atomic E-state index is 12.8. The largest absolute Gasteiger partial charge is 0.497 e. The van der Waals surface area contributed by atoms with Gasteiger partial charge >= 0.3 is 0 Å². The van der Waals surface area contributed by atoms with Crippen LogP contribution >= 0.6 is 0 Å². The number of carbonyl (C=O) groups excluding carboxylic acids is 1. The van der Waals surface area contributed by atoms with Crippen LogP contribution in [0.2, 0.25) is 0 Å². The summed E-state index contributed by atoms with van der Waals surface area (Å²) in [5.41, 5.74) is 2.87. The van der Waals surface area contributed by atoms with Crippen molar-refractivity contribution in [1.82, 2.24) is 29.3 Å². The lowest BCUT2D eigenvalue weighted by Crippen LogP contribution is -2.27. The fraction of sp³-hybridized carbons (Fsp3) is 0.158. The molecule has 0 spiro atoms. The van der Waals surface area contributed by atoms with E-state index in [1.807, 2.05) is 36.5 Å². The Morgan fingerprint density at radius 3 is 2.93 bits per heavy atom. The van der Waals surface area contributed by atoms with E-state index in [0.29, 0.717) is 17.9 Å². The molecule has 3 heterocycles. The van der Waals surface area contributed by atoms with E-state index in [-0.39, 0.29) is 5.91 Å². The van der Waals surface area contributed by atoms with Crippen LogP contribution in [0.15, 0.2) is 61.2 Å². The standard InChI is InChI=1S/C19H18N6O2/c1-23(19(26)17-11-20-18-7-4-8-21-25(17)18)12-14-10-22-24(13-14)15-5-3-6-16(9-15)27-2/h3-11,13H,12H2,1-2H3. The summed E-state index contributed by atoms with van der Waals surface area (Å²) in [6, 6.07) is 11.2. The van der Waals surface area contributed by atoms with Gasteiger partial charge in [0.1, 0.15) is 5.75 Å². The van der Waals surface area contributed by atoms with Gasteiger partial charge in [-0.2, -0.15) is 10.2 Å². The van der Waals surface area contributed by atoms with E-state index in [9.17, 15) is 4.79 Å². The normalized spacial score (nSPS) is 10.9. The molecule has 8 nitrogen and oxygen atoms in total. The van der Waals surface area contributed by atoms with Crippen molar-refractivity contribution in [2.24, 2.45) is 0 Å². The van der Waals surface area contributed by atoms with Gasteiger partial charge in [-0.15, -0.1) is 0 Å². The number of benzene rings is 1. The van der Waals surface area contributed by atoms with E-state index in [1.165, 1.54) is 0 Å². The lowest BCUT2D eigenvalue weighted by molar-refractivity contribution is 0.0777. The predicted octanol–water partition coefficient (Wildman–Crippen LogP) is 2.20. The average molecular weight is 362 g/mol. The van der Waals surface area contributed by atoms with E-state index in [1.54, 1.807) is 52.9 Å². The first-order valence-electron chi connectivity index (χ1n) is 8.38. The summed E-state index contributed by atoms with van der Waals surface area (Å²) in [5.74, 6) is 0.604. The first-order chi connectivity index (χ1) is 13.2. The van der Waals surface area contributed by atoms with Crippen LogP contribution in [0.1, 0.15) is 16.1 Å². The molecule has 136 valence electrons. The molecule has 0 radical (unpaired) electrons. The monoisotopic (exact) mass is 362 g/mol. The third kappa shape index (κ3) is 3.24. The van der Waals surface area contributed by atoms with E-state index >= 15 is 0 Å². The Bertz CT molecular complexity index is 1100. The molecule has 1 aromatic carbocycles. The lowest BCUT2D eigenvalue weighted by Gasteiger charge is -2.15. The Labute approximate surface area is 155 Å². The molecular formula is C19H18N6O2. The van der Waals surface area contributed by atoms with Crippen molar-refractivity contribution in [1.29, 1.82) is 0 Å². The third-order valence-corrected chi connectivity index (χ3v) is 4.22. The molecule has 3 aromatic heterocycles. The number of nitrogens with zero attached hydrogens (tertiary/aromatic N) is 6. The quantitative estimate of drug-likeness (QED) is 0.544. The fourth-order valence-electron chi connectivity index (χ4n) is 2.85. The van der Waals surface area contributed by atoms with Gasteiger partial charge in [-0.25, -0.2) is 14.2 Å². The van der Waals surface area contributed by atoms with Crippen LogP contribution in [0.5, 0.6) is 5.75 Å². The second-order valence-electron chi connectivity index (χ2n) is 6.09. The number of rotatable bonds is 5. The number of methoxy groups -OCH3 is 1. The molecule has 8 heteroatoms. The molecule has 0 aliphatic carbocycles. The van der Waals surface area contributed by atoms with Gasteiger partial charge in [0.25, 0.3) is 5.91 Å². The maximum absolute atomic E-state index is 12.8. The Morgan fingerprint density at radius 1 is 1.19 bits per heavy atom. The van der Waals surface area contributed by atoms with Crippen molar-refractivity contribution in [3.8, 4) is 11.4 Å². The molecule has 0 N–H and O–H groups in total. The lowest BCUT2D eigenvalue weighted by atomic mass is 10.3. The van der Waals surface area contributed by atoms with Crippen LogP contribution in [0.3, 0.4) is 0 Å². The Hall–Kier alpha value is -3.68. The molecule has 4 aromatic rings. The number of carbonyl (C=O) groups is 1. The summed E-state index contributed by atoms with van der Waals surface area (Å²) in [6.07, 6.45) is 6.81. The summed E-state index contributed by atoms with van der Waals surface area (Å²) in [6.45, 7) is 0.420. The van der Waals surface area contributed by atoms with E-state index in [0.717, 1.165) is 17.0 Å². The highest BCUT2D eigenvalue weighted by Gasteiger charge is 2.18. The third-order valence-electron chi connectivity index (χ3n) is 4.22. The number of imidazole rings is 1. The highest BCUT2D eigenvalue weighted by atomic mass is 16.5. The van der Waals surface area contributed by atoms with E-state index in [2.05, 4.69) is 15.2 Å². The molecule has 0 saturated carbocycles. The van der Waals surface area contributed by atoms with Crippen LogP contribution in [0.4, 0.5) is 0 Å². The van der Waals surface area contributed by atoms with Gasteiger partial charge in [-0.1, -0.05) is 6.07 Å². The molecule has 4 rings (SSSR count). The fourth-order valence-corrected chi connectivity index (χ4v) is 2.85. The minimum absolute atomic E-state index is 0.157. The van der Waals surface area contributed by atoms with Crippen molar-refractivity contribution in [3.05, 3.63) is 72.4 Å². The van der Waals surface area contributed by atoms with Crippen molar-refractivity contribution in [3.63, 3.8) is 0 Å².